The highest BCUT2D eigenvalue weighted by molar-refractivity contribution is 5.95. The maximum absolute atomic E-state index is 13.2. The van der Waals surface area contributed by atoms with E-state index in [1.54, 1.807) is 4.68 Å². The minimum atomic E-state index is 0.137. The molecule has 26 heavy (non-hydrogen) atoms. The fourth-order valence-corrected chi connectivity index (χ4v) is 4.24. The van der Waals surface area contributed by atoms with Gasteiger partial charge in [-0.15, -0.1) is 0 Å². The van der Waals surface area contributed by atoms with Gasteiger partial charge in [0.25, 0.3) is 5.91 Å². The Morgan fingerprint density at radius 3 is 2.54 bits per heavy atom. The fourth-order valence-electron chi connectivity index (χ4n) is 4.24. The molecule has 2 aliphatic heterocycles. The Morgan fingerprint density at radius 2 is 1.92 bits per heavy atom. The molecule has 0 saturated carbocycles. The van der Waals surface area contributed by atoms with Gasteiger partial charge in [0.15, 0.2) is 0 Å². The number of ether oxygens (including phenoxy) is 1. The molecule has 2 fully saturated rings. The Labute approximate surface area is 157 Å². The molecule has 1 aromatic rings. The number of carbonyl (C=O) groups excluding carboxylic acids is 1. The van der Waals surface area contributed by atoms with E-state index in [4.69, 9.17) is 4.74 Å². The second-order valence-corrected chi connectivity index (χ2v) is 7.75. The molecule has 1 aromatic heterocycles. The lowest BCUT2D eigenvalue weighted by Gasteiger charge is -2.35. The first-order chi connectivity index (χ1) is 12.6. The van der Waals surface area contributed by atoms with Crippen LogP contribution in [-0.4, -0.2) is 70.9 Å². The van der Waals surface area contributed by atoms with Crippen LogP contribution in [0.5, 0.6) is 0 Å². The van der Waals surface area contributed by atoms with E-state index in [0.717, 1.165) is 56.8 Å². The molecule has 3 rings (SSSR count). The third-order valence-corrected chi connectivity index (χ3v) is 5.71. The Bertz CT molecular complexity index is 572. The summed E-state index contributed by atoms with van der Waals surface area (Å²) < 4.78 is 7.25. The smallest absolute Gasteiger partial charge is 0.257 e. The summed E-state index contributed by atoms with van der Waals surface area (Å²) in [6.45, 7) is 7.79. The average molecular weight is 363 g/mol. The Morgan fingerprint density at radius 1 is 1.23 bits per heavy atom. The number of aromatic nitrogens is 2. The number of rotatable bonds is 6. The largest absolute Gasteiger partial charge is 0.381 e. The standard InChI is InChI=1S/C20H34N4O2/c1-17-19(16-22(2)21-17)20(25)24(18-8-14-26-15-9-18)13-7-12-23-10-5-3-4-6-11-23/h16,18H,3-15H2,1-2H3. The molecular weight excluding hydrogens is 328 g/mol. The van der Waals surface area contributed by atoms with Gasteiger partial charge in [-0.3, -0.25) is 9.48 Å². The van der Waals surface area contributed by atoms with E-state index in [2.05, 4.69) is 14.9 Å². The van der Waals surface area contributed by atoms with Crippen molar-refractivity contribution in [3.05, 3.63) is 17.5 Å². The number of likely N-dealkylation sites (tertiary alicyclic amines) is 1. The maximum Gasteiger partial charge on any atom is 0.257 e. The Hall–Kier alpha value is -1.40. The summed E-state index contributed by atoms with van der Waals surface area (Å²) in [4.78, 5) is 17.9. The summed E-state index contributed by atoms with van der Waals surface area (Å²) in [5, 5.41) is 4.36. The van der Waals surface area contributed by atoms with Gasteiger partial charge in [-0.2, -0.15) is 5.10 Å². The van der Waals surface area contributed by atoms with Crippen molar-refractivity contribution in [3.8, 4) is 0 Å². The quantitative estimate of drug-likeness (QED) is 0.781. The zero-order valence-electron chi connectivity index (χ0n) is 16.5. The number of nitrogens with zero attached hydrogens (tertiary/aromatic N) is 4. The second-order valence-electron chi connectivity index (χ2n) is 7.75. The molecule has 0 unspecified atom stereocenters. The summed E-state index contributed by atoms with van der Waals surface area (Å²) in [7, 11) is 1.88. The van der Waals surface area contributed by atoms with Gasteiger partial charge in [0.1, 0.15) is 0 Å². The molecule has 0 bridgehead atoms. The van der Waals surface area contributed by atoms with Crippen molar-refractivity contribution in [2.75, 3.05) is 39.4 Å². The van der Waals surface area contributed by atoms with Crippen LogP contribution in [0.1, 0.15) is 61.0 Å². The van der Waals surface area contributed by atoms with E-state index >= 15 is 0 Å². The van der Waals surface area contributed by atoms with Crippen LogP contribution in [0.25, 0.3) is 0 Å². The third kappa shape index (κ3) is 5.07. The molecule has 6 heteroatoms. The van der Waals surface area contributed by atoms with Crippen LogP contribution in [0.4, 0.5) is 0 Å². The van der Waals surface area contributed by atoms with Gasteiger partial charge in [-0.05, 0) is 58.7 Å². The van der Waals surface area contributed by atoms with Crippen LogP contribution in [0.2, 0.25) is 0 Å². The van der Waals surface area contributed by atoms with Crippen LogP contribution >= 0.6 is 0 Å². The first-order valence-electron chi connectivity index (χ1n) is 10.3. The highest BCUT2D eigenvalue weighted by Gasteiger charge is 2.28. The first kappa shape index (κ1) is 19.4. The van der Waals surface area contributed by atoms with Gasteiger partial charge >= 0.3 is 0 Å². The molecule has 146 valence electrons. The normalized spacial score (nSPS) is 20.1. The summed E-state index contributed by atoms with van der Waals surface area (Å²) >= 11 is 0. The predicted molar refractivity (Wildman–Crippen MR) is 102 cm³/mol. The van der Waals surface area contributed by atoms with E-state index in [9.17, 15) is 4.79 Å². The number of carbonyl (C=O) groups is 1. The summed E-state index contributed by atoms with van der Waals surface area (Å²) in [5.41, 5.74) is 1.57. The lowest BCUT2D eigenvalue weighted by atomic mass is 10.0. The summed E-state index contributed by atoms with van der Waals surface area (Å²) in [6, 6.07) is 0.292. The van der Waals surface area contributed by atoms with Gasteiger partial charge in [0, 0.05) is 39.0 Å². The van der Waals surface area contributed by atoms with E-state index in [0.29, 0.717) is 6.04 Å². The molecule has 6 nitrogen and oxygen atoms in total. The van der Waals surface area contributed by atoms with E-state index < -0.39 is 0 Å². The Kier molecular flexibility index (Phi) is 7.08. The monoisotopic (exact) mass is 362 g/mol. The molecule has 0 aromatic carbocycles. The van der Waals surface area contributed by atoms with Crippen molar-refractivity contribution in [3.63, 3.8) is 0 Å². The van der Waals surface area contributed by atoms with E-state index in [1.165, 1.54) is 38.8 Å². The summed E-state index contributed by atoms with van der Waals surface area (Å²) in [5.74, 6) is 0.137. The number of hydrogen-bond acceptors (Lipinski definition) is 4. The van der Waals surface area contributed by atoms with Gasteiger partial charge in [-0.25, -0.2) is 0 Å². The third-order valence-electron chi connectivity index (χ3n) is 5.71. The molecular formula is C20H34N4O2. The zero-order chi connectivity index (χ0) is 18.4. The minimum absolute atomic E-state index is 0.137. The molecule has 3 heterocycles. The highest BCUT2D eigenvalue weighted by Crippen LogP contribution is 2.20. The first-order valence-corrected chi connectivity index (χ1v) is 10.3. The average Bonchev–Trinajstić information content (AvgIpc) is 2.84. The number of hydrogen-bond donors (Lipinski definition) is 0. The van der Waals surface area contributed by atoms with Crippen molar-refractivity contribution in [2.45, 2.75) is 57.9 Å². The molecule has 0 aliphatic carbocycles. The number of amides is 1. The van der Waals surface area contributed by atoms with Crippen LogP contribution in [0, 0.1) is 6.92 Å². The zero-order valence-corrected chi connectivity index (χ0v) is 16.5. The molecule has 1 amide bonds. The summed E-state index contributed by atoms with van der Waals surface area (Å²) in [6.07, 6.45) is 10.1. The van der Waals surface area contributed by atoms with Crippen molar-refractivity contribution in [1.29, 1.82) is 0 Å². The van der Waals surface area contributed by atoms with Gasteiger partial charge < -0.3 is 14.5 Å². The van der Waals surface area contributed by atoms with Gasteiger partial charge in [0.05, 0.1) is 11.3 Å². The minimum Gasteiger partial charge on any atom is -0.381 e. The second kappa shape index (κ2) is 9.51. The molecule has 2 saturated heterocycles. The van der Waals surface area contributed by atoms with Gasteiger partial charge in [-0.1, -0.05) is 12.8 Å². The van der Waals surface area contributed by atoms with Crippen molar-refractivity contribution >= 4 is 5.91 Å². The van der Waals surface area contributed by atoms with E-state index in [-0.39, 0.29) is 5.91 Å². The fraction of sp³-hybridized carbons (Fsp3) is 0.800. The topological polar surface area (TPSA) is 50.6 Å². The van der Waals surface area contributed by atoms with Crippen molar-refractivity contribution in [2.24, 2.45) is 7.05 Å². The lowest BCUT2D eigenvalue weighted by Crippen LogP contribution is -2.44. The van der Waals surface area contributed by atoms with Crippen LogP contribution in [0.15, 0.2) is 6.20 Å². The molecule has 0 spiro atoms. The highest BCUT2D eigenvalue weighted by atomic mass is 16.5. The van der Waals surface area contributed by atoms with E-state index in [1.807, 2.05) is 20.2 Å². The molecule has 0 N–H and O–H groups in total. The van der Waals surface area contributed by atoms with Gasteiger partial charge in [0.2, 0.25) is 0 Å². The molecule has 2 aliphatic rings. The SMILES string of the molecule is Cc1nn(C)cc1C(=O)N(CCCN1CCCCCC1)C1CCOCC1. The van der Waals surface area contributed by atoms with Crippen LogP contribution in [-0.2, 0) is 11.8 Å². The van der Waals surface area contributed by atoms with Crippen molar-refractivity contribution in [1.82, 2.24) is 19.6 Å². The lowest BCUT2D eigenvalue weighted by molar-refractivity contribution is 0.0280. The van der Waals surface area contributed by atoms with Crippen LogP contribution < -0.4 is 0 Å². The van der Waals surface area contributed by atoms with Crippen molar-refractivity contribution < 1.29 is 9.53 Å². The maximum atomic E-state index is 13.2. The predicted octanol–water partition coefficient (Wildman–Crippen LogP) is 2.62. The molecule has 0 radical (unpaired) electrons. The number of aryl methyl sites for hydroxylation is 2. The Balaban J connectivity index is 1.63. The van der Waals surface area contributed by atoms with Crippen LogP contribution in [0.3, 0.4) is 0 Å². The molecule has 0 atom stereocenters.